The second kappa shape index (κ2) is 9.97. The molecule has 0 atom stereocenters. The topological polar surface area (TPSA) is 67.1 Å². The Labute approximate surface area is 200 Å². The van der Waals surface area contributed by atoms with Gasteiger partial charge in [-0.15, -0.1) is 0 Å². The van der Waals surface area contributed by atoms with Crippen molar-refractivity contribution in [3.63, 3.8) is 0 Å². The van der Waals surface area contributed by atoms with Crippen molar-refractivity contribution in [2.24, 2.45) is 4.99 Å². The van der Waals surface area contributed by atoms with Gasteiger partial charge in [0.25, 0.3) is 0 Å². The quantitative estimate of drug-likeness (QED) is 0.590. The Balaban J connectivity index is 1.48. The van der Waals surface area contributed by atoms with E-state index in [2.05, 4.69) is 34.4 Å². The van der Waals surface area contributed by atoms with Crippen molar-refractivity contribution in [2.45, 2.75) is 53.1 Å². The first-order chi connectivity index (χ1) is 16.3. The lowest BCUT2D eigenvalue weighted by Crippen LogP contribution is -2.34. The molecule has 1 fully saturated rings. The fourth-order valence-electron chi connectivity index (χ4n) is 4.98. The minimum Gasteiger partial charge on any atom is -0.505 e. The van der Waals surface area contributed by atoms with Crippen molar-refractivity contribution < 1.29 is 19.0 Å². The van der Waals surface area contributed by atoms with Gasteiger partial charge in [-0.3, -0.25) is 4.90 Å². The van der Waals surface area contributed by atoms with E-state index in [0.29, 0.717) is 17.5 Å². The third-order valence-electron chi connectivity index (χ3n) is 6.67. The SMILES string of the molecule is CCOC(=O)C1=C(O)/C(=C\c2cc(C)n(C3CCN(Cc4ccc(F)cc4)CC3)c2C)N=C1C. The summed E-state index contributed by atoms with van der Waals surface area (Å²) in [6, 6.07) is 9.24. The van der Waals surface area contributed by atoms with Gasteiger partial charge in [0.05, 0.1) is 12.3 Å². The second-order valence-corrected chi connectivity index (χ2v) is 9.00. The summed E-state index contributed by atoms with van der Waals surface area (Å²) < 4.78 is 20.6. The van der Waals surface area contributed by atoms with Crippen molar-refractivity contribution in [1.82, 2.24) is 9.47 Å². The van der Waals surface area contributed by atoms with Crippen molar-refractivity contribution in [3.05, 3.63) is 75.7 Å². The van der Waals surface area contributed by atoms with Gasteiger partial charge in [0.1, 0.15) is 17.1 Å². The molecule has 0 spiro atoms. The normalized spacial score (nSPS) is 18.6. The van der Waals surface area contributed by atoms with E-state index in [-0.39, 0.29) is 23.8 Å². The summed E-state index contributed by atoms with van der Waals surface area (Å²) in [5.41, 5.74) is 5.37. The van der Waals surface area contributed by atoms with E-state index in [1.54, 1.807) is 13.8 Å². The molecule has 6 nitrogen and oxygen atoms in total. The van der Waals surface area contributed by atoms with Gasteiger partial charge in [-0.2, -0.15) is 0 Å². The minimum atomic E-state index is -0.553. The summed E-state index contributed by atoms with van der Waals surface area (Å²) in [5, 5.41) is 10.6. The summed E-state index contributed by atoms with van der Waals surface area (Å²) in [5.74, 6) is -0.886. The lowest BCUT2D eigenvalue weighted by Gasteiger charge is -2.34. The molecular formula is C27H32FN3O3. The molecule has 4 rings (SSSR count). The molecule has 0 amide bonds. The standard InChI is InChI=1S/C27H32FN3O3/c1-5-34-27(33)25-18(3)29-24(26(25)32)15-21-14-17(2)31(19(21)4)23-10-12-30(13-11-23)16-20-6-8-22(28)9-7-20/h6-9,14-15,23,32H,5,10-13,16H2,1-4H3/b24-15+. The highest BCUT2D eigenvalue weighted by atomic mass is 19.1. The molecule has 2 aliphatic heterocycles. The van der Waals surface area contributed by atoms with Crippen molar-refractivity contribution in [2.75, 3.05) is 19.7 Å². The number of halogens is 1. The van der Waals surface area contributed by atoms with Crippen LogP contribution in [0.25, 0.3) is 6.08 Å². The monoisotopic (exact) mass is 465 g/mol. The highest BCUT2D eigenvalue weighted by Gasteiger charge is 2.28. The minimum absolute atomic E-state index is 0.130. The molecule has 1 aromatic heterocycles. The molecule has 0 aliphatic carbocycles. The van der Waals surface area contributed by atoms with Gasteiger partial charge < -0.3 is 14.4 Å². The Morgan fingerprint density at radius 2 is 1.88 bits per heavy atom. The van der Waals surface area contributed by atoms with Crippen LogP contribution in [0.1, 0.15) is 55.2 Å². The average molecular weight is 466 g/mol. The van der Waals surface area contributed by atoms with Gasteiger partial charge in [0.2, 0.25) is 0 Å². The first-order valence-corrected chi connectivity index (χ1v) is 11.8. The van der Waals surface area contributed by atoms with Crippen LogP contribution in [0.2, 0.25) is 0 Å². The number of hydrogen-bond acceptors (Lipinski definition) is 5. The van der Waals surface area contributed by atoms with Crippen LogP contribution < -0.4 is 0 Å². The predicted octanol–water partition coefficient (Wildman–Crippen LogP) is 5.27. The van der Waals surface area contributed by atoms with Gasteiger partial charge >= 0.3 is 5.97 Å². The van der Waals surface area contributed by atoms with Gasteiger partial charge in [-0.25, -0.2) is 14.2 Å². The Bertz CT molecular complexity index is 1170. The summed E-state index contributed by atoms with van der Waals surface area (Å²) in [4.78, 5) is 19.0. The lowest BCUT2D eigenvalue weighted by atomic mass is 10.0. The van der Waals surface area contributed by atoms with Crippen LogP contribution in [0.3, 0.4) is 0 Å². The first kappa shape index (κ1) is 24.0. The van der Waals surface area contributed by atoms with E-state index in [1.807, 2.05) is 18.2 Å². The molecule has 0 bridgehead atoms. The maximum atomic E-state index is 13.2. The molecule has 0 saturated carbocycles. The molecule has 0 radical (unpaired) electrons. The molecule has 180 valence electrons. The molecule has 2 aromatic rings. The van der Waals surface area contributed by atoms with Gasteiger partial charge in [-0.1, -0.05) is 12.1 Å². The Kier molecular flexibility index (Phi) is 7.03. The van der Waals surface area contributed by atoms with Crippen LogP contribution in [-0.4, -0.2) is 46.0 Å². The zero-order chi connectivity index (χ0) is 24.4. The lowest BCUT2D eigenvalue weighted by molar-refractivity contribution is -0.138. The third-order valence-corrected chi connectivity index (χ3v) is 6.67. The van der Waals surface area contributed by atoms with Crippen LogP contribution in [0.15, 0.2) is 52.4 Å². The third kappa shape index (κ3) is 4.85. The molecular weight excluding hydrogens is 433 g/mol. The number of carbonyl (C=O) groups excluding carboxylic acids is 1. The van der Waals surface area contributed by atoms with Crippen LogP contribution in [0.4, 0.5) is 4.39 Å². The number of aromatic nitrogens is 1. The molecule has 7 heteroatoms. The maximum Gasteiger partial charge on any atom is 0.343 e. The summed E-state index contributed by atoms with van der Waals surface area (Å²) in [6.45, 7) is 10.6. The summed E-state index contributed by atoms with van der Waals surface area (Å²) in [7, 11) is 0. The van der Waals surface area contributed by atoms with Gasteiger partial charge in [0.15, 0.2) is 5.76 Å². The Morgan fingerprint density at radius 3 is 2.53 bits per heavy atom. The number of ether oxygens (including phenoxy) is 1. The zero-order valence-electron chi connectivity index (χ0n) is 20.3. The van der Waals surface area contributed by atoms with Crippen LogP contribution in [-0.2, 0) is 16.1 Å². The van der Waals surface area contributed by atoms with E-state index in [4.69, 9.17) is 4.74 Å². The maximum absolute atomic E-state index is 13.2. The van der Waals surface area contributed by atoms with Gasteiger partial charge in [-0.05, 0) is 75.9 Å². The number of aliphatic hydroxyl groups is 1. The number of nitrogens with zero attached hydrogens (tertiary/aromatic N) is 3. The van der Waals surface area contributed by atoms with E-state index >= 15 is 0 Å². The molecule has 1 N–H and O–H groups in total. The van der Waals surface area contributed by atoms with E-state index in [9.17, 15) is 14.3 Å². The number of hydrogen-bond donors (Lipinski definition) is 1. The molecule has 0 unspecified atom stereocenters. The highest BCUT2D eigenvalue weighted by molar-refractivity contribution is 6.22. The average Bonchev–Trinajstić information content (AvgIpc) is 3.24. The van der Waals surface area contributed by atoms with E-state index < -0.39 is 5.97 Å². The molecule has 1 saturated heterocycles. The van der Waals surface area contributed by atoms with Crippen LogP contribution >= 0.6 is 0 Å². The van der Waals surface area contributed by atoms with Gasteiger partial charge in [0, 0.05) is 37.1 Å². The number of piperidine rings is 1. The molecule has 2 aliphatic rings. The first-order valence-electron chi connectivity index (χ1n) is 11.8. The fourth-order valence-corrected chi connectivity index (χ4v) is 4.98. The number of esters is 1. The van der Waals surface area contributed by atoms with Crippen molar-refractivity contribution in [1.29, 1.82) is 0 Å². The smallest absolute Gasteiger partial charge is 0.343 e. The predicted molar refractivity (Wildman–Crippen MR) is 131 cm³/mol. The Morgan fingerprint density at radius 1 is 1.21 bits per heavy atom. The van der Waals surface area contributed by atoms with E-state index in [1.165, 1.54) is 12.1 Å². The summed E-state index contributed by atoms with van der Waals surface area (Å²) in [6.07, 6.45) is 3.90. The Hall–Kier alpha value is -3.19. The molecule has 1 aromatic carbocycles. The number of aliphatic imine (C=N–C) groups is 1. The van der Waals surface area contributed by atoms with Crippen LogP contribution in [0, 0.1) is 19.7 Å². The second-order valence-electron chi connectivity index (χ2n) is 9.00. The number of likely N-dealkylation sites (tertiary alicyclic amines) is 1. The zero-order valence-corrected chi connectivity index (χ0v) is 20.3. The number of aryl methyl sites for hydroxylation is 1. The summed E-state index contributed by atoms with van der Waals surface area (Å²) >= 11 is 0. The van der Waals surface area contributed by atoms with E-state index in [0.717, 1.165) is 55.0 Å². The molecule has 34 heavy (non-hydrogen) atoms. The number of rotatable bonds is 6. The van der Waals surface area contributed by atoms with Crippen LogP contribution in [0.5, 0.6) is 0 Å². The molecule has 3 heterocycles. The van der Waals surface area contributed by atoms with Crippen molar-refractivity contribution in [3.8, 4) is 0 Å². The fraction of sp³-hybridized carbons (Fsp3) is 0.407. The highest BCUT2D eigenvalue weighted by Crippen LogP contribution is 2.32. The number of carbonyl (C=O) groups is 1. The number of benzene rings is 1. The largest absolute Gasteiger partial charge is 0.505 e. The number of aliphatic hydroxyl groups excluding tert-OH is 1. The van der Waals surface area contributed by atoms with Crippen molar-refractivity contribution >= 4 is 17.8 Å².